The summed E-state index contributed by atoms with van der Waals surface area (Å²) < 4.78 is 0. The van der Waals surface area contributed by atoms with Crippen LogP contribution in [0.25, 0.3) is 11.6 Å². The fourth-order valence-corrected chi connectivity index (χ4v) is 1.75. The normalized spacial score (nSPS) is 18.8. The summed E-state index contributed by atoms with van der Waals surface area (Å²) in [5, 5.41) is 0. The first-order chi connectivity index (χ1) is 6.18. The van der Waals surface area contributed by atoms with E-state index in [0.717, 1.165) is 5.57 Å². The summed E-state index contributed by atoms with van der Waals surface area (Å²) in [6.07, 6.45) is 4.44. The van der Waals surface area contributed by atoms with Crippen LogP contribution in [-0.4, -0.2) is 0 Å². The van der Waals surface area contributed by atoms with Crippen LogP contribution >= 0.6 is 0 Å². The van der Waals surface area contributed by atoms with Crippen LogP contribution in [-0.2, 0) is 0 Å². The van der Waals surface area contributed by atoms with E-state index in [1.807, 2.05) is 6.92 Å². The second-order valence-corrected chi connectivity index (χ2v) is 3.77. The minimum absolute atomic E-state index is 0.578. The van der Waals surface area contributed by atoms with Gasteiger partial charge in [0.2, 0.25) is 0 Å². The third-order valence-corrected chi connectivity index (χ3v) is 2.63. The van der Waals surface area contributed by atoms with Gasteiger partial charge in [-0.1, -0.05) is 43.4 Å². The van der Waals surface area contributed by atoms with Crippen molar-refractivity contribution >= 4 is 11.6 Å². The summed E-state index contributed by atoms with van der Waals surface area (Å²) in [4.78, 5) is 0. The molecule has 0 bridgehead atoms. The molecule has 0 saturated carbocycles. The molecule has 2 rings (SSSR count). The average Bonchev–Trinajstić information content (AvgIpc) is 2.47. The van der Waals surface area contributed by atoms with E-state index >= 15 is 0 Å². The predicted octanol–water partition coefficient (Wildman–Crippen LogP) is 3.85. The summed E-state index contributed by atoms with van der Waals surface area (Å²) in [6, 6.07) is 6.59. The molecule has 1 atom stereocenters. The van der Waals surface area contributed by atoms with Crippen molar-refractivity contribution in [3.8, 4) is 0 Å². The highest BCUT2D eigenvalue weighted by molar-refractivity contribution is 5.69. The van der Waals surface area contributed by atoms with Gasteiger partial charge in [-0.05, 0) is 35.6 Å². The quantitative estimate of drug-likeness (QED) is 0.600. The Bertz CT molecular complexity index is 383. The van der Waals surface area contributed by atoms with Gasteiger partial charge in [-0.25, -0.2) is 0 Å². The highest BCUT2D eigenvalue weighted by Gasteiger charge is 2.12. The summed E-state index contributed by atoms with van der Waals surface area (Å²) in [5.41, 5.74) is 5.17. The smallest absolute Gasteiger partial charge is 0.000117 e. The molecular formula is C13H14. The number of hydrogen-bond donors (Lipinski definition) is 0. The van der Waals surface area contributed by atoms with Gasteiger partial charge < -0.3 is 0 Å². The fraction of sp³-hybridized carbons (Fsp3) is 0.231. The standard InChI is InChI=1S/C13H14/c1-9(2)11-6-7-13-10(3)4-5-12(13)8-11/h4-8,10H,1H2,2-3H3. The molecule has 1 aliphatic carbocycles. The van der Waals surface area contributed by atoms with Crippen molar-refractivity contribution in [3.63, 3.8) is 0 Å². The largest absolute Gasteiger partial charge is 0.0955 e. The van der Waals surface area contributed by atoms with Crippen molar-refractivity contribution in [2.24, 2.45) is 0 Å². The molecule has 0 fully saturated rings. The van der Waals surface area contributed by atoms with Crippen molar-refractivity contribution in [1.29, 1.82) is 0 Å². The van der Waals surface area contributed by atoms with Gasteiger partial charge in [0.05, 0.1) is 0 Å². The Hall–Kier alpha value is -1.30. The van der Waals surface area contributed by atoms with E-state index in [0.29, 0.717) is 5.92 Å². The average molecular weight is 170 g/mol. The maximum Gasteiger partial charge on any atom is -0.000117 e. The van der Waals surface area contributed by atoms with Crippen LogP contribution in [0.4, 0.5) is 0 Å². The summed E-state index contributed by atoms with van der Waals surface area (Å²) in [6.45, 7) is 8.22. The molecule has 0 nitrogen and oxygen atoms in total. The molecule has 0 N–H and O–H groups in total. The summed E-state index contributed by atoms with van der Waals surface area (Å²) >= 11 is 0. The highest BCUT2D eigenvalue weighted by Crippen LogP contribution is 2.31. The van der Waals surface area contributed by atoms with Gasteiger partial charge in [-0.15, -0.1) is 0 Å². The van der Waals surface area contributed by atoms with Gasteiger partial charge in [-0.2, -0.15) is 0 Å². The molecule has 0 heteroatoms. The van der Waals surface area contributed by atoms with Crippen LogP contribution in [0.3, 0.4) is 0 Å². The molecule has 0 radical (unpaired) electrons. The van der Waals surface area contributed by atoms with E-state index < -0.39 is 0 Å². The molecule has 0 amide bonds. The Balaban J connectivity index is 2.50. The topological polar surface area (TPSA) is 0 Å². The van der Waals surface area contributed by atoms with Gasteiger partial charge in [0, 0.05) is 0 Å². The number of benzene rings is 1. The molecule has 1 unspecified atom stereocenters. The Morgan fingerprint density at radius 1 is 1.38 bits per heavy atom. The summed E-state index contributed by atoms with van der Waals surface area (Å²) in [5.74, 6) is 0.578. The van der Waals surface area contributed by atoms with Crippen molar-refractivity contribution in [2.45, 2.75) is 19.8 Å². The van der Waals surface area contributed by atoms with Crippen molar-refractivity contribution < 1.29 is 0 Å². The molecule has 1 aromatic rings. The van der Waals surface area contributed by atoms with E-state index in [9.17, 15) is 0 Å². The molecule has 0 aliphatic heterocycles. The van der Waals surface area contributed by atoms with E-state index in [-0.39, 0.29) is 0 Å². The molecular weight excluding hydrogens is 156 g/mol. The lowest BCUT2D eigenvalue weighted by molar-refractivity contribution is 0.990. The third kappa shape index (κ3) is 1.33. The Morgan fingerprint density at radius 2 is 2.15 bits per heavy atom. The number of allylic oxidation sites excluding steroid dienone is 2. The van der Waals surface area contributed by atoms with Crippen LogP contribution in [0.5, 0.6) is 0 Å². The molecule has 66 valence electrons. The number of rotatable bonds is 1. The van der Waals surface area contributed by atoms with E-state index in [1.165, 1.54) is 16.7 Å². The van der Waals surface area contributed by atoms with E-state index in [4.69, 9.17) is 0 Å². The van der Waals surface area contributed by atoms with Crippen molar-refractivity contribution in [2.75, 3.05) is 0 Å². The van der Waals surface area contributed by atoms with Gasteiger partial charge in [0.1, 0.15) is 0 Å². The zero-order valence-electron chi connectivity index (χ0n) is 8.17. The minimum Gasteiger partial charge on any atom is -0.0955 e. The lowest BCUT2D eigenvalue weighted by Crippen LogP contribution is -1.88. The third-order valence-electron chi connectivity index (χ3n) is 2.63. The maximum absolute atomic E-state index is 3.95. The van der Waals surface area contributed by atoms with Crippen LogP contribution in [0, 0.1) is 0 Å². The maximum atomic E-state index is 3.95. The second-order valence-electron chi connectivity index (χ2n) is 3.77. The zero-order chi connectivity index (χ0) is 9.42. The number of fused-ring (bicyclic) bond motifs is 1. The van der Waals surface area contributed by atoms with E-state index in [2.05, 4.69) is 43.9 Å². The molecule has 13 heavy (non-hydrogen) atoms. The minimum atomic E-state index is 0.578. The SMILES string of the molecule is C=C(C)c1ccc2c(c1)C=CC2C. The zero-order valence-corrected chi connectivity index (χ0v) is 8.17. The Morgan fingerprint density at radius 3 is 2.85 bits per heavy atom. The predicted molar refractivity (Wildman–Crippen MR) is 58.6 cm³/mol. The Kier molecular flexibility index (Phi) is 1.84. The van der Waals surface area contributed by atoms with Gasteiger partial charge in [0.15, 0.2) is 0 Å². The molecule has 0 spiro atoms. The lowest BCUT2D eigenvalue weighted by atomic mass is 9.98. The van der Waals surface area contributed by atoms with E-state index in [1.54, 1.807) is 0 Å². The molecule has 0 saturated heterocycles. The summed E-state index contributed by atoms with van der Waals surface area (Å²) in [7, 11) is 0. The first-order valence-electron chi connectivity index (χ1n) is 4.66. The second kappa shape index (κ2) is 2.88. The van der Waals surface area contributed by atoms with Gasteiger partial charge >= 0.3 is 0 Å². The van der Waals surface area contributed by atoms with Crippen LogP contribution in [0.2, 0.25) is 0 Å². The van der Waals surface area contributed by atoms with Crippen LogP contribution < -0.4 is 0 Å². The van der Waals surface area contributed by atoms with Crippen LogP contribution in [0.1, 0.15) is 36.5 Å². The monoisotopic (exact) mass is 170 g/mol. The van der Waals surface area contributed by atoms with Crippen molar-refractivity contribution in [3.05, 3.63) is 47.5 Å². The first-order valence-corrected chi connectivity index (χ1v) is 4.66. The fourth-order valence-electron chi connectivity index (χ4n) is 1.75. The lowest BCUT2D eigenvalue weighted by Gasteiger charge is -2.06. The molecule has 0 heterocycles. The van der Waals surface area contributed by atoms with Crippen molar-refractivity contribution in [1.82, 2.24) is 0 Å². The Labute approximate surface area is 79.6 Å². The van der Waals surface area contributed by atoms with Gasteiger partial charge in [-0.3, -0.25) is 0 Å². The molecule has 1 aliphatic rings. The van der Waals surface area contributed by atoms with Gasteiger partial charge in [0.25, 0.3) is 0 Å². The number of hydrogen-bond acceptors (Lipinski definition) is 0. The van der Waals surface area contributed by atoms with Crippen LogP contribution in [0.15, 0.2) is 30.9 Å². The molecule has 0 aromatic heterocycles. The highest BCUT2D eigenvalue weighted by atomic mass is 14.2. The molecule has 1 aromatic carbocycles. The first kappa shape index (κ1) is 8.31.